The summed E-state index contributed by atoms with van der Waals surface area (Å²) in [5, 5.41) is 14.4. The normalized spacial score (nSPS) is 10.7. The summed E-state index contributed by atoms with van der Waals surface area (Å²) in [6.45, 7) is 0. The lowest BCUT2D eigenvalue weighted by molar-refractivity contribution is -0.380. The first-order chi connectivity index (χ1) is 10.1. The molecule has 0 unspecified atom stereocenters. The van der Waals surface area contributed by atoms with Crippen molar-refractivity contribution in [1.82, 2.24) is 5.16 Å². The zero-order valence-electron chi connectivity index (χ0n) is 10.4. The third-order valence-electron chi connectivity index (χ3n) is 2.85. The molecule has 2 heterocycles. The standard InChI is InChI=1S/C13H8FN3O3S/c14-8-3-1-7(2-4-8)11-12(20-16-13(11)15)9-5-6-10(21-9)17(18)19/h1-6H,(H2,15,16). The second kappa shape index (κ2) is 4.98. The van der Waals surface area contributed by atoms with E-state index >= 15 is 0 Å². The molecule has 0 aliphatic heterocycles. The van der Waals surface area contributed by atoms with Gasteiger partial charge in [-0.15, -0.1) is 0 Å². The number of nitro groups is 1. The zero-order valence-corrected chi connectivity index (χ0v) is 11.3. The van der Waals surface area contributed by atoms with E-state index in [4.69, 9.17) is 10.3 Å². The van der Waals surface area contributed by atoms with Crippen LogP contribution in [0.1, 0.15) is 0 Å². The number of hydrogen-bond donors (Lipinski definition) is 1. The van der Waals surface area contributed by atoms with Crippen molar-refractivity contribution in [3.8, 4) is 21.8 Å². The number of benzene rings is 1. The van der Waals surface area contributed by atoms with E-state index in [1.54, 1.807) is 18.2 Å². The van der Waals surface area contributed by atoms with Crippen molar-refractivity contribution in [3.63, 3.8) is 0 Å². The average Bonchev–Trinajstić information content (AvgIpc) is 3.06. The Bertz CT molecular complexity index is 810. The van der Waals surface area contributed by atoms with Crippen molar-refractivity contribution in [2.75, 3.05) is 5.73 Å². The van der Waals surface area contributed by atoms with Gasteiger partial charge in [0, 0.05) is 6.07 Å². The summed E-state index contributed by atoms with van der Waals surface area (Å²) >= 11 is 0.957. The topological polar surface area (TPSA) is 95.2 Å². The minimum atomic E-state index is -0.481. The number of nitrogens with two attached hydrogens (primary N) is 1. The van der Waals surface area contributed by atoms with Crippen molar-refractivity contribution in [1.29, 1.82) is 0 Å². The highest BCUT2D eigenvalue weighted by Crippen LogP contribution is 2.41. The van der Waals surface area contributed by atoms with Gasteiger partial charge in [-0.2, -0.15) is 0 Å². The molecule has 0 bridgehead atoms. The summed E-state index contributed by atoms with van der Waals surface area (Å²) in [5.74, 6) is 0.104. The van der Waals surface area contributed by atoms with Crippen molar-refractivity contribution >= 4 is 22.2 Å². The first-order valence-corrected chi connectivity index (χ1v) is 6.63. The number of anilines is 1. The Morgan fingerprint density at radius 1 is 1.24 bits per heavy atom. The van der Waals surface area contributed by atoms with Crippen LogP contribution in [0.5, 0.6) is 0 Å². The first kappa shape index (κ1) is 13.3. The summed E-state index contributed by atoms with van der Waals surface area (Å²) in [5.41, 5.74) is 6.91. The molecule has 0 spiro atoms. The molecule has 3 rings (SSSR count). The number of nitrogens with zero attached hydrogens (tertiary/aromatic N) is 2. The van der Waals surface area contributed by atoms with Crippen molar-refractivity contribution < 1.29 is 13.8 Å². The Morgan fingerprint density at radius 2 is 1.95 bits per heavy atom. The second-order valence-electron chi connectivity index (χ2n) is 4.17. The molecule has 6 nitrogen and oxygen atoms in total. The van der Waals surface area contributed by atoms with Gasteiger partial charge in [0.1, 0.15) is 5.82 Å². The minimum absolute atomic E-state index is 0.00923. The van der Waals surface area contributed by atoms with E-state index < -0.39 is 4.92 Å². The van der Waals surface area contributed by atoms with E-state index in [-0.39, 0.29) is 16.6 Å². The largest absolute Gasteiger partial charge is 0.380 e. The van der Waals surface area contributed by atoms with Gasteiger partial charge in [-0.1, -0.05) is 28.6 Å². The van der Waals surface area contributed by atoms with Gasteiger partial charge in [0.25, 0.3) is 0 Å². The SMILES string of the molecule is Nc1noc(-c2ccc([N+](=O)[O-])s2)c1-c1ccc(F)cc1. The van der Waals surface area contributed by atoms with Gasteiger partial charge in [0.15, 0.2) is 11.6 Å². The lowest BCUT2D eigenvalue weighted by Crippen LogP contribution is -1.88. The van der Waals surface area contributed by atoms with Crippen LogP contribution in [0, 0.1) is 15.9 Å². The molecule has 0 aliphatic rings. The van der Waals surface area contributed by atoms with Crippen molar-refractivity contribution in [2.24, 2.45) is 0 Å². The smallest absolute Gasteiger partial charge is 0.324 e. The van der Waals surface area contributed by atoms with E-state index in [1.807, 2.05) is 0 Å². The number of rotatable bonds is 3. The monoisotopic (exact) mass is 305 g/mol. The van der Waals surface area contributed by atoms with Gasteiger partial charge in [0.05, 0.1) is 15.4 Å². The highest BCUT2D eigenvalue weighted by molar-refractivity contribution is 7.18. The van der Waals surface area contributed by atoms with Crippen LogP contribution in [0.4, 0.5) is 15.2 Å². The van der Waals surface area contributed by atoms with E-state index in [1.165, 1.54) is 18.2 Å². The van der Waals surface area contributed by atoms with Gasteiger partial charge >= 0.3 is 5.00 Å². The van der Waals surface area contributed by atoms with E-state index in [0.29, 0.717) is 21.8 Å². The molecule has 3 aromatic rings. The fourth-order valence-corrected chi connectivity index (χ4v) is 2.72. The average molecular weight is 305 g/mol. The van der Waals surface area contributed by atoms with Gasteiger partial charge in [-0.05, 0) is 23.8 Å². The van der Waals surface area contributed by atoms with Gasteiger partial charge in [-0.3, -0.25) is 10.1 Å². The number of hydrogen-bond acceptors (Lipinski definition) is 6. The molecule has 106 valence electrons. The molecule has 1 aromatic carbocycles. The van der Waals surface area contributed by atoms with Gasteiger partial charge in [0.2, 0.25) is 0 Å². The molecule has 2 N–H and O–H groups in total. The third kappa shape index (κ3) is 2.36. The summed E-state index contributed by atoms with van der Waals surface area (Å²) < 4.78 is 18.2. The summed E-state index contributed by atoms with van der Waals surface area (Å²) in [6.07, 6.45) is 0. The van der Waals surface area contributed by atoms with Gasteiger partial charge in [-0.25, -0.2) is 4.39 Å². The molecule has 0 amide bonds. The van der Waals surface area contributed by atoms with E-state index in [2.05, 4.69) is 5.16 Å². The summed E-state index contributed by atoms with van der Waals surface area (Å²) in [4.78, 5) is 10.8. The predicted molar refractivity (Wildman–Crippen MR) is 76.3 cm³/mol. The van der Waals surface area contributed by atoms with Crippen LogP contribution in [-0.4, -0.2) is 10.1 Å². The molecular weight excluding hydrogens is 297 g/mol. The van der Waals surface area contributed by atoms with Crippen molar-refractivity contribution in [3.05, 3.63) is 52.3 Å². The van der Waals surface area contributed by atoms with Crippen LogP contribution in [0.25, 0.3) is 21.8 Å². The lowest BCUT2D eigenvalue weighted by Gasteiger charge is -2.00. The van der Waals surface area contributed by atoms with Crippen LogP contribution in [-0.2, 0) is 0 Å². The molecule has 2 aromatic heterocycles. The molecule has 0 saturated heterocycles. The number of halogens is 1. The molecule has 0 fully saturated rings. The molecule has 0 atom stereocenters. The first-order valence-electron chi connectivity index (χ1n) is 5.82. The Hall–Kier alpha value is -2.74. The van der Waals surface area contributed by atoms with E-state index in [0.717, 1.165) is 11.3 Å². The number of aromatic nitrogens is 1. The fraction of sp³-hybridized carbons (Fsp3) is 0. The molecule has 21 heavy (non-hydrogen) atoms. The highest BCUT2D eigenvalue weighted by Gasteiger charge is 2.21. The summed E-state index contributed by atoms with van der Waals surface area (Å²) in [7, 11) is 0. The maximum Gasteiger partial charge on any atom is 0.324 e. The maximum absolute atomic E-state index is 13.0. The molecule has 0 radical (unpaired) electrons. The Morgan fingerprint density at radius 3 is 2.57 bits per heavy atom. The minimum Gasteiger partial charge on any atom is -0.380 e. The van der Waals surface area contributed by atoms with Crippen LogP contribution in [0.2, 0.25) is 0 Å². The zero-order chi connectivity index (χ0) is 15.0. The van der Waals surface area contributed by atoms with Crippen molar-refractivity contribution in [2.45, 2.75) is 0 Å². The predicted octanol–water partition coefficient (Wildman–Crippen LogP) is 3.70. The quantitative estimate of drug-likeness (QED) is 0.588. The second-order valence-corrected chi connectivity index (χ2v) is 5.24. The third-order valence-corrected chi connectivity index (χ3v) is 3.88. The molecule has 0 saturated carbocycles. The van der Waals surface area contributed by atoms with Crippen LogP contribution >= 0.6 is 11.3 Å². The maximum atomic E-state index is 13.0. The van der Waals surface area contributed by atoms with E-state index in [9.17, 15) is 14.5 Å². The molecule has 8 heteroatoms. The summed E-state index contributed by atoms with van der Waals surface area (Å²) in [6, 6.07) is 8.63. The fourth-order valence-electron chi connectivity index (χ4n) is 1.91. The molecule has 0 aliphatic carbocycles. The highest BCUT2D eigenvalue weighted by atomic mass is 32.1. The Labute approximate surface area is 121 Å². The van der Waals surface area contributed by atoms with Gasteiger partial charge < -0.3 is 10.3 Å². The molecular formula is C13H8FN3O3S. The Balaban J connectivity index is 2.11. The lowest BCUT2D eigenvalue weighted by atomic mass is 10.1. The van der Waals surface area contributed by atoms with Crippen LogP contribution < -0.4 is 5.73 Å². The van der Waals surface area contributed by atoms with Crippen LogP contribution in [0.3, 0.4) is 0 Å². The van der Waals surface area contributed by atoms with Crippen LogP contribution in [0.15, 0.2) is 40.9 Å². The number of thiophene rings is 1. The Kier molecular flexibility index (Phi) is 3.15. The number of nitrogen functional groups attached to an aromatic ring is 1.